The van der Waals surface area contributed by atoms with Gasteiger partial charge in [-0.2, -0.15) is 0 Å². The van der Waals surface area contributed by atoms with E-state index in [9.17, 15) is 0 Å². The maximum absolute atomic E-state index is 5.76. The molecule has 2 aliphatic heterocycles. The molecule has 0 radical (unpaired) electrons. The summed E-state index contributed by atoms with van der Waals surface area (Å²) in [6.45, 7) is 6.10. The van der Waals surface area contributed by atoms with Crippen molar-refractivity contribution < 1.29 is 4.84 Å². The molecule has 0 bridgehead atoms. The number of piperidine rings is 1. The lowest BCUT2D eigenvalue weighted by Gasteiger charge is -2.33. The van der Waals surface area contributed by atoms with Crippen molar-refractivity contribution in [2.24, 2.45) is 0 Å². The van der Waals surface area contributed by atoms with E-state index in [-0.39, 0.29) is 6.10 Å². The summed E-state index contributed by atoms with van der Waals surface area (Å²) in [5.41, 5.74) is 9.64. The van der Waals surface area contributed by atoms with Crippen LogP contribution in [0.4, 0.5) is 5.69 Å². The fraction of sp³-hybridized carbons (Fsp3) is 0.308. The number of aryl methyl sites for hydroxylation is 2. The van der Waals surface area contributed by atoms with Crippen LogP contribution in [0.3, 0.4) is 0 Å². The van der Waals surface area contributed by atoms with E-state index in [1.165, 1.54) is 16.1 Å². The van der Waals surface area contributed by atoms with Crippen molar-refractivity contribution >= 4 is 40.1 Å². The first kappa shape index (κ1) is 22.1. The molecule has 3 heterocycles. The van der Waals surface area contributed by atoms with Crippen molar-refractivity contribution in [1.82, 2.24) is 15.4 Å². The van der Waals surface area contributed by atoms with Crippen LogP contribution in [0.2, 0.25) is 0 Å². The number of aromatic nitrogens is 1. The molecule has 1 atom stereocenters. The largest absolute Gasteiger partial charge is 0.349 e. The molecule has 1 aromatic heterocycles. The van der Waals surface area contributed by atoms with Gasteiger partial charge in [0.15, 0.2) is 5.11 Å². The Kier molecular flexibility index (Phi) is 6.44. The minimum absolute atomic E-state index is 0.0832. The molecule has 0 saturated carbocycles. The number of thiocarbonyl (C=S) groups is 1. The first-order valence-electron chi connectivity index (χ1n) is 11.3. The number of nitrogens with zero attached hydrogens (tertiary/aromatic N) is 2. The summed E-state index contributed by atoms with van der Waals surface area (Å²) in [7, 11) is 0. The van der Waals surface area contributed by atoms with Gasteiger partial charge < -0.3 is 10.2 Å². The molecule has 1 unspecified atom stereocenters. The van der Waals surface area contributed by atoms with Crippen LogP contribution in [-0.4, -0.2) is 28.1 Å². The van der Waals surface area contributed by atoms with Crippen LogP contribution < -0.4 is 10.8 Å². The highest BCUT2D eigenvalue weighted by atomic mass is 32.1. The van der Waals surface area contributed by atoms with Crippen LogP contribution in [0.25, 0.3) is 5.70 Å². The molecular formula is C26H28N4OS2. The molecule has 2 aliphatic rings. The lowest BCUT2D eigenvalue weighted by Crippen LogP contribution is -2.40. The number of anilines is 1. The molecule has 0 amide bonds. The van der Waals surface area contributed by atoms with Gasteiger partial charge in [0, 0.05) is 30.1 Å². The van der Waals surface area contributed by atoms with Crippen LogP contribution in [-0.2, 0) is 4.84 Å². The highest BCUT2D eigenvalue weighted by molar-refractivity contribution is 7.80. The van der Waals surface area contributed by atoms with Gasteiger partial charge in [-0.3, -0.25) is 10.3 Å². The summed E-state index contributed by atoms with van der Waals surface area (Å²) in [6.07, 6.45) is 4.13. The van der Waals surface area contributed by atoms with E-state index >= 15 is 0 Å². The van der Waals surface area contributed by atoms with E-state index in [0.717, 1.165) is 53.7 Å². The summed E-state index contributed by atoms with van der Waals surface area (Å²) in [5, 5.41) is 7.59. The van der Waals surface area contributed by atoms with E-state index in [1.807, 2.05) is 18.2 Å². The maximum Gasteiger partial charge on any atom is 0.173 e. The van der Waals surface area contributed by atoms with Crippen molar-refractivity contribution in [3.05, 3.63) is 87.4 Å². The standard InChI is InChI=1S/C26H28N4OS2/c1-17-8-9-18(2)21(14-17)28-26(32)30-12-10-20(11-13-30)25-27-23(16-33-25)22-15-24(31-29-22)19-6-4-3-5-7-19/h3-9,14-16,20,24,29H,10-13H2,1-2H3,(H,28,32). The van der Waals surface area contributed by atoms with Crippen molar-refractivity contribution in [2.75, 3.05) is 18.4 Å². The second-order valence-electron chi connectivity index (χ2n) is 8.71. The smallest absolute Gasteiger partial charge is 0.173 e. The highest BCUT2D eigenvalue weighted by Crippen LogP contribution is 2.34. The van der Waals surface area contributed by atoms with Crippen molar-refractivity contribution in [1.29, 1.82) is 0 Å². The van der Waals surface area contributed by atoms with Gasteiger partial charge >= 0.3 is 0 Å². The van der Waals surface area contributed by atoms with Crippen molar-refractivity contribution in [2.45, 2.75) is 38.7 Å². The molecule has 7 heteroatoms. The average molecular weight is 477 g/mol. The van der Waals surface area contributed by atoms with Gasteiger partial charge in [-0.05, 0) is 67.7 Å². The Morgan fingerprint density at radius 3 is 2.73 bits per heavy atom. The highest BCUT2D eigenvalue weighted by Gasteiger charge is 2.26. The van der Waals surface area contributed by atoms with Gasteiger partial charge in [-0.1, -0.05) is 42.5 Å². The van der Waals surface area contributed by atoms with Gasteiger partial charge in [0.05, 0.1) is 16.4 Å². The van der Waals surface area contributed by atoms with E-state index < -0.39 is 0 Å². The molecular weight excluding hydrogens is 448 g/mol. The molecule has 33 heavy (non-hydrogen) atoms. The van der Waals surface area contributed by atoms with Crippen LogP contribution in [0.1, 0.15) is 52.3 Å². The molecule has 0 spiro atoms. The zero-order valence-electron chi connectivity index (χ0n) is 18.9. The number of hydrogen-bond acceptors (Lipinski definition) is 5. The second-order valence-corrected chi connectivity index (χ2v) is 9.99. The SMILES string of the molecule is Cc1ccc(C)c(NC(=S)N2CCC(c3nc(C4=CC(c5ccccc5)ON4)cs3)CC2)c1. The summed E-state index contributed by atoms with van der Waals surface area (Å²) >= 11 is 7.46. The predicted octanol–water partition coefficient (Wildman–Crippen LogP) is 5.95. The molecule has 2 aromatic carbocycles. The maximum atomic E-state index is 5.76. The number of hydrogen-bond donors (Lipinski definition) is 2. The number of benzene rings is 2. The third-order valence-corrected chi connectivity index (χ3v) is 7.67. The van der Waals surface area contributed by atoms with E-state index in [1.54, 1.807) is 11.3 Å². The molecule has 0 aliphatic carbocycles. The van der Waals surface area contributed by atoms with Crippen LogP contribution in [0, 0.1) is 13.8 Å². The third kappa shape index (κ3) is 4.95. The third-order valence-electron chi connectivity index (χ3n) is 6.31. The van der Waals surface area contributed by atoms with E-state index in [4.69, 9.17) is 22.0 Å². The molecule has 170 valence electrons. The van der Waals surface area contributed by atoms with Crippen LogP contribution in [0.15, 0.2) is 60.0 Å². The zero-order chi connectivity index (χ0) is 22.8. The summed E-state index contributed by atoms with van der Waals surface area (Å²) in [5.74, 6) is 0.469. The summed E-state index contributed by atoms with van der Waals surface area (Å²) in [4.78, 5) is 13.0. The molecule has 1 saturated heterocycles. The van der Waals surface area contributed by atoms with Crippen LogP contribution >= 0.6 is 23.6 Å². The van der Waals surface area contributed by atoms with Gasteiger partial charge in [-0.15, -0.1) is 11.3 Å². The molecule has 3 aromatic rings. The Balaban J connectivity index is 1.18. The fourth-order valence-electron chi connectivity index (χ4n) is 4.28. The lowest BCUT2D eigenvalue weighted by atomic mass is 9.98. The fourth-order valence-corrected chi connectivity index (χ4v) is 5.57. The average Bonchev–Trinajstić information content (AvgIpc) is 3.52. The number of thiazole rings is 1. The van der Waals surface area contributed by atoms with Gasteiger partial charge in [0.2, 0.25) is 0 Å². The Morgan fingerprint density at radius 2 is 1.94 bits per heavy atom. The minimum atomic E-state index is -0.0832. The molecule has 2 N–H and O–H groups in total. The summed E-state index contributed by atoms with van der Waals surface area (Å²) in [6, 6.07) is 16.6. The molecule has 1 fully saturated rings. The van der Waals surface area contributed by atoms with Gasteiger partial charge in [0.1, 0.15) is 6.10 Å². The number of hydroxylamine groups is 1. The van der Waals surface area contributed by atoms with Crippen molar-refractivity contribution in [3.8, 4) is 0 Å². The van der Waals surface area contributed by atoms with Crippen LogP contribution in [0.5, 0.6) is 0 Å². The number of nitrogens with one attached hydrogen (secondary N) is 2. The van der Waals surface area contributed by atoms with E-state index in [0.29, 0.717) is 5.92 Å². The Hall–Kier alpha value is -2.74. The second kappa shape index (κ2) is 9.63. The van der Waals surface area contributed by atoms with Crippen molar-refractivity contribution in [3.63, 3.8) is 0 Å². The topological polar surface area (TPSA) is 49.4 Å². The monoisotopic (exact) mass is 476 g/mol. The molecule has 5 rings (SSSR count). The first-order chi connectivity index (χ1) is 16.1. The Labute approximate surface area is 204 Å². The summed E-state index contributed by atoms with van der Waals surface area (Å²) < 4.78 is 0. The van der Waals surface area contributed by atoms with E-state index in [2.05, 4.69) is 71.3 Å². The van der Waals surface area contributed by atoms with Gasteiger partial charge in [0.25, 0.3) is 0 Å². The predicted molar refractivity (Wildman–Crippen MR) is 139 cm³/mol. The minimum Gasteiger partial charge on any atom is -0.349 e. The first-order valence-corrected chi connectivity index (χ1v) is 12.6. The Bertz CT molecular complexity index is 1170. The van der Waals surface area contributed by atoms with Gasteiger partial charge in [-0.25, -0.2) is 4.98 Å². The number of rotatable bonds is 4. The quantitative estimate of drug-likeness (QED) is 0.454. The lowest BCUT2D eigenvalue weighted by molar-refractivity contribution is 0.0510. The molecule has 5 nitrogen and oxygen atoms in total. The normalized spacial score (nSPS) is 18.7. The zero-order valence-corrected chi connectivity index (χ0v) is 20.5. The number of likely N-dealkylation sites (tertiary alicyclic amines) is 1. The Morgan fingerprint density at radius 1 is 1.15 bits per heavy atom.